The van der Waals surface area contributed by atoms with Crippen molar-refractivity contribution in [3.63, 3.8) is 0 Å². The van der Waals surface area contributed by atoms with E-state index in [4.69, 9.17) is 10.5 Å². The molecule has 0 spiro atoms. The van der Waals surface area contributed by atoms with Gasteiger partial charge in [0, 0.05) is 37.3 Å². The molecule has 0 bridgehead atoms. The van der Waals surface area contributed by atoms with Gasteiger partial charge in [-0.3, -0.25) is 9.79 Å². The number of nitrogen functional groups attached to an aromatic ring is 1. The van der Waals surface area contributed by atoms with Crippen LogP contribution in [0.15, 0.2) is 29.3 Å². The molecule has 0 saturated carbocycles. The average Bonchev–Trinajstić information content (AvgIpc) is 2.61. The molecule has 1 amide bonds. The summed E-state index contributed by atoms with van der Waals surface area (Å²) in [5, 5.41) is 0. The molecule has 2 aromatic rings. The quantitative estimate of drug-likeness (QED) is 0.851. The summed E-state index contributed by atoms with van der Waals surface area (Å²) in [6.07, 6.45) is 2.51. The minimum absolute atomic E-state index is 0.151. The van der Waals surface area contributed by atoms with Crippen LogP contribution in [0.2, 0.25) is 0 Å². The molecule has 0 radical (unpaired) electrons. The number of anilines is 2. The number of aromatic nitrogens is 2. The first-order valence-corrected chi connectivity index (χ1v) is 8.43. The molecular weight excluding hydrogens is 330 g/mol. The van der Waals surface area contributed by atoms with Gasteiger partial charge in [-0.2, -0.15) is 9.97 Å². The van der Waals surface area contributed by atoms with E-state index in [1.165, 1.54) is 7.11 Å². The van der Waals surface area contributed by atoms with Crippen LogP contribution in [0.3, 0.4) is 0 Å². The van der Waals surface area contributed by atoms with Crippen molar-refractivity contribution in [2.24, 2.45) is 4.99 Å². The number of nitrogens with zero attached hydrogens (tertiary/aromatic N) is 4. The molecular formula is C19H23N5O2. The minimum atomic E-state index is -0.187. The first-order chi connectivity index (χ1) is 12.4. The molecule has 0 unspecified atom stereocenters. The lowest BCUT2D eigenvalue weighted by molar-refractivity contribution is 0.0980. The molecule has 136 valence electrons. The lowest BCUT2D eigenvalue weighted by atomic mass is 9.86. The molecule has 0 fully saturated rings. The first-order valence-electron chi connectivity index (χ1n) is 8.43. The first kappa shape index (κ1) is 17.8. The summed E-state index contributed by atoms with van der Waals surface area (Å²) in [6, 6.07) is 8.13. The zero-order valence-electron chi connectivity index (χ0n) is 15.5. The highest BCUT2D eigenvalue weighted by atomic mass is 16.5. The Morgan fingerprint density at radius 3 is 2.58 bits per heavy atom. The molecule has 26 heavy (non-hydrogen) atoms. The van der Waals surface area contributed by atoms with Crippen LogP contribution in [-0.2, 0) is 11.8 Å². The molecule has 2 heterocycles. The van der Waals surface area contributed by atoms with Crippen molar-refractivity contribution in [2.75, 3.05) is 31.3 Å². The molecule has 3 rings (SSSR count). The average molecular weight is 353 g/mol. The van der Waals surface area contributed by atoms with Crippen molar-refractivity contribution in [3.8, 4) is 6.01 Å². The fourth-order valence-electron chi connectivity index (χ4n) is 3.18. The molecule has 0 atom stereocenters. The number of hydrogen-bond acceptors (Lipinski definition) is 6. The van der Waals surface area contributed by atoms with E-state index in [9.17, 15) is 4.79 Å². The summed E-state index contributed by atoms with van der Waals surface area (Å²) in [7, 11) is 3.24. The third-order valence-corrected chi connectivity index (χ3v) is 4.58. The normalized spacial score (nSPS) is 14.6. The predicted molar refractivity (Wildman–Crippen MR) is 102 cm³/mol. The number of hydrogen-bond donors (Lipinski definition) is 1. The van der Waals surface area contributed by atoms with E-state index >= 15 is 0 Å². The van der Waals surface area contributed by atoms with Crippen LogP contribution in [0.25, 0.3) is 0 Å². The van der Waals surface area contributed by atoms with E-state index in [0.29, 0.717) is 24.2 Å². The van der Waals surface area contributed by atoms with E-state index in [1.807, 2.05) is 30.5 Å². The second kappa shape index (κ2) is 6.74. The van der Waals surface area contributed by atoms with Crippen LogP contribution in [0.1, 0.15) is 35.5 Å². The van der Waals surface area contributed by atoms with E-state index in [0.717, 1.165) is 11.3 Å². The predicted octanol–water partition coefficient (Wildman–Crippen LogP) is 2.25. The zero-order chi connectivity index (χ0) is 18.9. The zero-order valence-corrected chi connectivity index (χ0v) is 15.5. The van der Waals surface area contributed by atoms with Crippen LogP contribution in [0.4, 0.5) is 11.5 Å². The van der Waals surface area contributed by atoms with Gasteiger partial charge in [-0.15, -0.1) is 0 Å². The Balaban J connectivity index is 1.91. The smallest absolute Gasteiger partial charge is 0.318 e. The highest BCUT2D eigenvalue weighted by Crippen LogP contribution is 2.29. The van der Waals surface area contributed by atoms with Crippen LogP contribution in [0.5, 0.6) is 6.01 Å². The van der Waals surface area contributed by atoms with Crippen molar-refractivity contribution < 1.29 is 9.53 Å². The number of carbonyl (C=O) groups is 1. The maximum Gasteiger partial charge on any atom is 0.318 e. The Hall–Kier alpha value is -2.96. The van der Waals surface area contributed by atoms with Crippen molar-refractivity contribution >= 4 is 23.6 Å². The van der Waals surface area contributed by atoms with Crippen molar-refractivity contribution in [3.05, 3.63) is 41.1 Å². The topological polar surface area (TPSA) is 93.7 Å². The van der Waals surface area contributed by atoms with Gasteiger partial charge in [0.1, 0.15) is 11.4 Å². The third-order valence-electron chi connectivity index (χ3n) is 4.58. The maximum absolute atomic E-state index is 12.9. The van der Waals surface area contributed by atoms with Crippen molar-refractivity contribution in [1.82, 2.24) is 9.97 Å². The molecule has 1 aliphatic rings. The highest BCUT2D eigenvalue weighted by Gasteiger charge is 2.30. The van der Waals surface area contributed by atoms with Crippen LogP contribution in [0, 0.1) is 0 Å². The van der Waals surface area contributed by atoms with Gasteiger partial charge in [0.2, 0.25) is 0 Å². The number of rotatable bonds is 4. The van der Waals surface area contributed by atoms with Gasteiger partial charge in [-0.25, -0.2) is 0 Å². The van der Waals surface area contributed by atoms with Gasteiger partial charge in [0.15, 0.2) is 0 Å². The third kappa shape index (κ3) is 3.12. The van der Waals surface area contributed by atoms with Gasteiger partial charge >= 0.3 is 6.01 Å². The van der Waals surface area contributed by atoms with Gasteiger partial charge < -0.3 is 15.4 Å². The van der Waals surface area contributed by atoms with Crippen LogP contribution < -0.4 is 15.4 Å². The van der Waals surface area contributed by atoms with E-state index < -0.39 is 0 Å². The van der Waals surface area contributed by atoms with Gasteiger partial charge in [0.05, 0.1) is 12.8 Å². The number of ether oxygens (including phenoxy) is 1. The molecule has 1 aromatic carbocycles. The maximum atomic E-state index is 12.9. The standard InChI is InChI=1S/C19H23N5O2/c1-19(2,11-21-3)12-5-7-13(8-6-12)24-10-9-14-15(17(24)25)16(20)23-18(22-14)26-4/h5-8,11H,9-10H2,1-4H3,(H2,20,22,23). The van der Waals surface area contributed by atoms with Gasteiger partial charge in [-0.05, 0) is 17.7 Å². The minimum Gasteiger partial charge on any atom is -0.467 e. The van der Waals surface area contributed by atoms with Crippen molar-refractivity contribution in [1.29, 1.82) is 0 Å². The van der Waals surface area contributed by atoms with Crippen molar-refractivity contribution in [2.45, 2.75) is 25.7 Å². The molecule has 0 saturated heterocycles. The summed E-state index contributed by atoms with van der Waals surface area (Å²) < 4.78 is 5.03. The SMILES string of the molecule is CN=CC(C)(C)c1ccc(N2CCc3nc(OC)nc(N)c3C2=O)cc1. The largest absolute Gasteiger partial charge is 0.467 e. The Morgan fingerprint density at radius 2 is 1.96 bits per heavy atom. The molecule has 1 aliphatic heterocycles. The lowest BCUT2D eigenvalue weighted by Gasteiger charge is -2.29. The second-order valence-corrected chi connectivity index (χ2v) is 6.78. The number of carbonyl (C=O) groups excluding carboxylic acids is 1. The molecule has 0 aliphatic carbocycles. The number of aliphatic imine (C=N–C) groups is 1. The van der Waals surface area contributed by atoms with Gasteiger partial charge in [0.25, 0.3) is 5.91 Å². The summed E-state index contributed by atoms with van der Waals surface area (Å²) in [4.78, 5) is 27.1. The van der Waals surface area contributed by atoms with Crippen LogP contribution in [-0.4, -0.2) is 42.8 Å². The van der Waals surface area contributed by atoms with E-state index in [2.05, 4.69) is 28.8 Å². The number of fused-ring (bicyclic) bond motifs is 1. The fraction of sp³-hybridized carbons (Fsp3) is 0.368. The summed E-state index contributed by atoms with van der Waals surface area (Å²) in [5.41, 5.74) is 8.75. The van der Waals surface area contributed by atoms with Crippen LogP contribution >= 0.6 is 0 Å². The Labute approximate surface area is 152 Å². The lowest BCUT2D eigenvalue weighted by Crippen LogP contribution is -2.39. The Kier molecular flexibility index (Phi) is 4.63. The number of nitrogens with two attached hydrogens (primary N) is 1. The highest BCUT2D eigenvalue weighted by molar-refractivity contribution is 6.10. The van der Waals surface area contributed by atoms with Gasteiger partial charge in [-0.1, -0.05) is 26.0 Å². The Morgan fingerprint density at radius 1 is 1.27 bits per heavy atom. The van der Waals surface area contributed by atoms with E-state index in [-0.39, 0.29) is 23.2 Å². The molecule has 7 nitrogen and oxygen atoms in total. The molecule has 2 N–H and O–H groups in total. The summed E-state index contributed by atoms with van der Waals surface area (Å²) in [5.74, 6) is -0.0352. The fourth-order valence-corrected chi connectivity index (χ4v) is 3.18. The number of methoxy groups -OCH3 is 1. The molecule has 7 heteroatoms. The summed E-state index contributed by atoms with van der Waals surface area (Å²) in [6.45, 7) is 4.73. The number of amides is 1. The second-order valence-electron chi connectivity index (χ2n) is 6.78. The summed E-state index contributed by atoms with van der Waals surface area (Å²) >= 11 is 0. The molecule has 1 aromatic heterocycles. The Bertz CT molecular complexity index is 859. The van der Waals surface area contributed by atoms with E-state index in [1.54, 1.807) is 11.9 Å². The number of benzene rings is 1. The monoisotopic (exact) mass is 353 g/mol.